The lowest BCUT2D eigenvalue weighted by Gasteiger charge is -2.04. The summed E-state index contributed by atoms with van der Waals surface area (Å²) in [7, 11) is 0. The summed E-state index contributed by atoms with van der Waals surface area (Å²) in [5, 5.41) is 16.9. The third-order valence-electron chi connectivity index (χ3n) is 3.81. The molecule has 1 N–H and O–H groups in total. The maximum absolute atomic E-state index is 12.3. The molecule has 0 aliphatic heterocycles. The van der Waals surface area contributed by atoms with Crippen LogP contribution in [0.25, 0.3) is 10.8 Å². The Hall–Kier alpha value is -3.54. The highest BCUT2D eigenvalue weighted by atomic mass is 16.6. The van der Waals surface area contributed by atoms with E-state index in [2.05, 4.69) is 10.5 Å². The van der Waals surface area contributed by atoms with Gasteiger partial charge in [0.2, 0.25) is 0 Å². The fraction of sp³-hybridized carbons (Fsp3) is 0.0526. The van der Waals surface area contributed by atoms with E-state index < -0.39 is 4.92 Å². The predicted octanol–water partition coefficient (Wildman–Crippen LogP) is 3.90. The number of benzene rings is 3. The number of nitrogens with zero attached hydrogens (tertiary/aromatic N) is 2. The number of amides is 1. The van der Waals surface area contributed by atoms with E-state index in [9.17, 15) is 14.9 Å². The molecule has 0 unspecified atom stereocenters. The summed E-state index contributed by atoms with van der Waals surface area (Å²) in [5.74, 6) is -0.337. The minimum absolute atomic E-state index is 0.0205. The second-order valence-electron chi connectivity index (χ2n) is 5.51. The van der Waals surface area contributed by atoms with E-state index in [1.54, 1.807) is 31.2 Å². The number of carbonyl (C=O) groups excluding carboxylic acids is 1. The van der Waals surface area contributed by atoms with E-state index >= 15 is 0 Å². The van der Waals surface area contributed by atoms with Gasteiger partial charge in [-0.2, -0.15) is 5.10 Å². The van der Waals surface area contributed by atoms with Gasteiger partial charge in [-0.1, -0.05) is 42.5 Å². The van der Waals surface area contributed by atoms with Crippen molar-refractivity contribution in [2.75, 3.05) is 0 Å². The number of nitro groups is 1. The molecular weight excluding hydrogens is 318 g/mol. The highest BCUT2D eigenvalue weighted by Crippen LogP contribution is 2.16. The van der Waals surface area contributed by atoms with Crippen LogP contribution in [-0.2, 0) is 0 Å². The van der Waals surface area contributed by atoms with Gasteiger partial charge in [-0.15, -0.1) is 0 Å². The second-order valence-corrected chi connectivity index (χ2v) is 5.51. The lowest BCUT2D eigenvalue weighted by atomic mass is 10.1. The zero-order valence-electron chi connectivity index (χ0n) is 13.5. The molecule has 0 spiro atoms. The maximum atomic E-state index is 12.3. The molecule has 25 heavy (non-hydrogen) atoms. The molecule has 0 aliphatic carbocycles. The van der Waals surface area contributed by atoms with Crippen molar-refractivity contribution in [2.24, 2.45) is 5.10 Å². The summed E-state index contributed by atoms with van der Waals surface area (Å²) in [4.78, 5) is 22.6. The van der Waals surface area contributed by atoms with Gasteiger partial charge in [0.25, 0.3) is 11.6 Å². The molecule has 6 heteroatoms. The number of hydrogen-bond donors (Lipinski definition) is 1. The van der Waals surface area contributed by atoms with Crippen molar-refractivity contribution < 1.29 is 9.72 Å². The molecule has 0 fully saturated rings. The zero-order chi connectivity index (χ0) is 17.8. The van der Waals surface area contributed by atoms with Gasteiger partial charge >= 0.3 is 0 Å². The lowest BCUT2D eigenvalue weighted by molar-refractivity contribution is -0.384. The van der Waals surface area contributed by atoms with Crippen LogP contribution < -0.4 is 5.43 Å². The molecule has 124 valence electrons. The number of nitrogens with one attached hydrogen (secondary N) is 1. The third kappa shape index (κ3) is 3.69. The van der Waals surface area contributed by atoms with E-state index in [0.29, 0.717) is 16.8 Å². The lowest BCUT2D eigenvalue weighted by Crippen LogP contribution is -2.19. The molecule has 0 radical (unpaired) electrons. The monoisotopic (exact) mass is 333 g/mol. The SMILES string of the molecule is C/C(=N/NC(=O)c1ccc2ccccc2c1)c1cccc([N+](=O)[O-])c1. The zero-order valence-corrected chi connectivity index (χ0v) is 13.5. The molecule has 1 amide bonds. The summed E-state index contributed by atoms with van der Waals surface area (Å²) in [6, 6.07) is 19.3. The first kappa shape index (κ1) is 16.3. The third-order valence-corrected chi connectivity index (χ3v) is 3.81. The Kier molecular flexibility index (Phi) is 4.52. The topological polar surface area (TPSA) is 84.6 Å². The summed E-state index contributed by atoms with van der Waals surface area (Å²) in [6.45, 7) is 1.68. The molecule has 3 rings (SSSR count). The molecular formula is C19H15N3O3. The Morgan fingerprint density at radius 1 is 0.960 bits per heavy atom. The van der Waals surface area contributed by atoms with Gasteiger partial charge in [-0.3, -0.25) is 14.9 Å². The van der Waals surface area contributed by atoms with Crippen LogP contribution in [0.5, 0.6) is 0 Å². The Balaban J connectivity index is 1.78. The molecule has 0 bridgehead atoms. The van der Waals surface area contributed by atoms with Crippen molar-refractivity contribution in [1.29, 1.82) is 0 Å². The number of fused-ring (bicyclic) bond motifs is 1. The van der Waals surface area contributed by atoms with Gasteiger partial charge in [0.05, 0.1) is 10.6 Å². The number of hydrazone groups is 1. The van der Waals surface area contributed by atoms with Crippen LogP contribution in [0.3, 0.4) is 0 Å². The molecule has 3 aromatic rings. The van der Waals surface area contributed by atoms with Crippen LogP contribution >= 0.6 is 0 Å². The first-order valence-corrected chi connectivity index (χ1v) is 7.63. The van der Waals surface area contributed by atoms with Crippen LogP contribution in [0.4, 0.5) is 5.69 Å². The summed E-state index contributed by atoms with van der Waals surface area (Å²) in [5.41, 5.74) is 4.02. The Morgan fingerprint density at radius 3 is 2.48 bits per heavy atom. The van der Waals surface area contributed by atoms with E-state index in [-0.39, 0.29) is 11.6 Å². The minimum Gasteiger partial charge on any atom is -0.267 e. The van der Waals surface area contributed by atoms with E-state index in [1.807, 2.05) is 30.3 Å². The fourth-order valence-corrected chi connectivity index (χ4v) is 2.44. The first-order valence-electron chi connectivity index (χ1n) is 7.63. The van der Waals surface area contributed by atoms with E-state index in [4.69, 9.17) is 0 Å². The Morgan fingerprint density at radius 2 is 1.72 bits per heavy atom. The average Bonchev–Trinajstić information content (AvgIpc) is 2.65. The number of non-ortho nitro benzene ring substituents is 1. The molecule has 6 nitrogen and oxygen atoms in total. The van der Waals surface area contributed by atoms with Crippen molar-refractivity contribution in [3.63, 3.8) is 0 Å². The van der Waals surface area contributed by atoms with Crippen molar-refractivity contribution in [3.05, 3.63) is 88.0 Å². The smallest absolute Gasteiger partial charge is 0.267 e. The largest absolute Gasteiger partial charge is 0.271 e. The van der Waals surface area contributed by atoms with Gasteiger partial charge in [0.15, 0.2) is 0 Å². The first-order chi connectivity index (χ1) is 12.0. The Labute approximate surface area is 143 Å². The molecule has 0 aliphatic rings. The normalized spacial score (nSPS) is 11.3. The van der Waals surface area contributed by atoms with Crippen molar-refractivity contribution in [3.8, 4) is 0 Å². The highest BCUT2D eigenvalue weighted by Gasteiger charge is 2.09. The molecule has 0 saturated carbocycles. The standard InChI is InChI=1S/C19H15N3O3/c1-13(15-7-4-8-18(12-15)22(24)25)20-21-19(23)17-10-9-14-5-2-3-6-16(14)11-17/h2-12H,1H3,(H,21,23)/b20-13-. The molecule has 3 aromatic carbocycles. The molecule has 0 atom stereocenters. The number of hydrogen-bond acceptors (Lipinski definition) is 4. The van der Waals surface area contributed by atoms with Gasteiger partial charge in [-0.05, 0) is 29.8 Å². The quantitative estimate of drug-likeness (QED) is 0.446. The van der Waals surface area contributed by atoms with Gasteiger partial charge in [-0.25, -0.2) is 5.43 Å². The summed E-state index contributed by atoms with van der Waals surface area (Å²) < 4.78 is 0. The van der Waals surface area contributed by atoms with Crippen molar-refractivity contribution in [2.45, 2.75) is 6.92 Å². The molecule has 0 saturated heterocycles. The van der Waals surface area contributed by atoms with Gasteiger partial charge in [0.1, 0.15) is 0 Å². The number of carbonyl (C=O) groups is 1. The average molecular weight is 333 g/mol. The van der Waals surface area contributed by atoms with Gasteiger partial charge < -0.3 is 0 Å². The van der Waals surface area contributed by atoms with E-state index in [0.717, 1.165) is 10.8 Å². The highest BCUT2D eigenvalue weighted by molar-refractivity contribution is 6.02. The van der Waals surface area contributed by atoms with Crippen LogP contribution in [0, 0.1) is 10.1 Å². The predicted molar refractivity (Wildman–Crippen MR) is 96.7 cm³/mol. The van der Waals surface area contributed by atoms with Crippen LogP contribution in [0.15, 0.2) is 71.8 Å². The number of rotatable bonds is 4. The minimum atomic E-state index is -0.468. The fourth-order valence-electron chi connectivity index (χ4n) is 2.44. The summed E-state index contributed by atoms with van der Waals surface area (Å²) >= 11 is 0. The van der Waals surface area contributed by atoms with Crippen molar-refractivity contribution >= 4 is 28.1 Å². The molecule has 0 heterocycles. The molecule has 0 aromatic heterocycles. The Bertz CT molecular complexity index is 996. The van der Waals surface area contributed by atoms with Crippen molar-refractivity contribution in [1.82, 2.24) is 5.43 Å². The van der Waals surface area contributed by atoms with E-state index in [1.165, 1.54) is 12.1 Å². The number of nitro benzene ring substituents is 1. The summed E-state index contributed by atoms with van der Waals surface area (Å²) in [6.07, 6.45) is 0. The van der Waals surface area contributed by atoms with Gasteiger partial charge in [0, 0.05) is 23.3 Å². The van der Waals surface area contributed by atoms with Crippen LogP contribution in [0.1, 0.15) is 22.8 Å². The maximum Gasteiger partial charge on any atom is 0.271 e. The van der Waals surface area contributed by atoms with Crippen LogP contribution in [-0.4, -0.2) is 16.5 Å². The van der Waals surface area contributed by atoms with Crippen LogP contribution in [0.2, 0.25) is 0 Å². The second kappa shape index (κ2) is 6.92.